The smallest absolute Gasteiger partial charge is 0.164 e. The zero-order valence-corrected chi connectivity index (χ0v) is 12.2. The molecule has 0 aliphatic heterocycles. The molecule has 2 rings (SSSR count). The van der Waals surface area contributed by atoms with Crippen molar-refractivity contribution in [1.82, 2.24) is 14.8 Å². The second-order valence-corrected chi connectivity index (χ2v) is 4.48. The van der Waals surface area contributed by atoms with Crippen molar-refractivity contribution in [3.8, 4) is 11.5 Å². The maximum atomic E-state index is 5.71. The SMILES string of the molecule is CCn1ncnc1COc1cc(OC)cc(C(N)=S)c1. The summed E-state index contributed by atoms with van der Waals surface area (Å²) in [6, 6.07) is 5.32. The van der Waals surface area contributed by atoms with Crippen molar-refractivity contribution < 1.29 is 9.47 Å². The maximum Gasteiger partial charge on any atom is 0.164 e. The maximum absolute atomic E-state index is 5.71. The first-order valence-corrected chi connectivity index (χ1v) is 6.53. The molecule has 0 amide bonds. The van der Waals surface area contributed by atoms with Gasteiger partial charge in [0, 0.05) is 18.2 Å². The molecule has 0 bridgehead atoms. The lowest BCUT2D eigenvalue weighted by Gasteiger charge is -2.10. The molecule has 0 saturated heterocycles. The van der Waals surface area contributed by atoms with Crippen LogP contribution < -0.4 is 15.2 Å². The fraction of sp³-hybridized carbons (Fsp3) is 0.308. The minimum absolute atomic E-state index is 0.297. The van der Waals surface area contributed by atoms with E-state index in [2.05, 4.69) is 10.1 Å². The first-order chi connectivity index (χ1) is 9.63. The monoisotopic (exact) mass is 292 g/mol. The molecule has 6 nitrogen and oxygen atoms in total. The van der Waals surface area contributed by atoms with E-state index in [1.54, 1.807) is 30.0 Å². The molecular formula is C13H16N4O2S. The average Bonchev–Trinajstić information content (AvgIpc) is 2.92. The topological polar surface area (TPSA) is 75.2 Å². The molecule has 106 valence electrons. The second-order valence-electron chi connectivity index (χ2n) is 4.04. The summed E-state index contributed by atoms with van der Waals surface area (Å²) in [5.74, 6) is 2.02. The molecule has 7 heteroatoms. The largest absolute Gasteiger partial charge is 0.497 e. The molecule has 1 aromatic carbocycles. The quantitative estimate of drug-likeness (QED) is 0.814. The van der Waals surface area contributed by atoms with Gasteiger partial charge in [-0.15, -0.1) is 0 Å². The molecule has 1 heterocycles. The van der Waals surface area contributed by atoms with Crippen molar-refractivity contribution in [3.05, 3.63) is 35.9 Å². The van der Waals surface area contributed by atoms with Crippen LogP contribution >= 0.6 is 12.2 Å². The number of rotatable bonds is 6. The Kier molecular flexibility index (Phi) is 4.52. The van der Waals surface area contributed by atoms with Crippen molar-refractivity contribution >= 4 is 17.2 Å². The molecule has 0 atom stereocenters. The summed E-state index contributed by atoms with van der Waals surface area (Å²) in [4.78, 5) is 4.44. The minimum atomic E-state index is 0.297. The lowest BCUT2D eigenvalue weighted by molar-refractivity contribution is 0.285. The van der Waals surface area contributed by atoms with Gasteiger partial charge in [-0.3, -0.25) is 0 Å². The second kappa shape index (κ2) is 6.33. The molecule has 2 aromatic rings. The molecule has 0 saturated carbocycles. The summed E-state index contributed by atoms with van der Waals surface area (Å²) in [6.07, 6.45) is 1.51. The Hall–Kier alpha value is -2.15. The number of aryl methyl sites for hydroxylation is 1. The van der Waals surface area contributed by atoms with Crippen LogP contribution in [0, 0.1) is 0 Å². The summed E-state index contributed by atoms with van der Waals surface area (Å²) in [6.45, 7) is 3.06. The van der Waals surface area contributed by atoms with Gasteiger partial charge in [-0.25, -0.2) is 9.67 Å². The average molecular weight is 292 g/mol. The molecule has 2 N–H and O–H groups in total. The molecule has 0 aliphatic rings. The highest BCUT2D eigenvalue weighted by Gasteiger charge is 2.07. The van der Waals surface area contributed by atoms with E-state index in [9.17, 15) is 0 Å². The molecule has 0 unspecified atom stereocenters. The van der Waals surface area contributed by atoms with Crippen LogP contribution in [0.15, 0.2) is 24.5 Å². The van der Waals surface area contributed by atoms with Gasteiger partial charge in [-0.05, 0) is 19.1 Å². The highest BCUT2D eigenvalue weighted by molar-refractivity contribution is 7.80. The van der Waals surface area contributed by atoms with E-state index in [0.29, 0.717) is 28.7 Å². The van der Waals surface area contributed by atoms with E-state index < -0.39 is 0 Å². The van der Waals surface area contributed by atoms with Gasteiger partial charge in [0.2, 0.25) is 0 Å². The number of hydrogen-bond donors (Lipinski definition) is 1. The minimum Gasteiger partial charge on any atom is -0.497 e. The Morgan fingerprint density at radius 2 is 2.10 bits per heavy atom. The Morgan fingerprint density at radius 3 is 2.75 bits per heavy atom. The van der Waals surface area contributed by atoms with Gasteiger partial charge in [-0.1, -0.05) is 12.2 Å². The highest BCUT2D eigenvalue weighted by Crippen LogP contribution is 2.23. The fourth-order valence-electron chi connectivity index (χ4n) is 1.73. The summed E-state index contributed by atoms with van der Waals surface area (Å²) in [7, 11) is 1.58. The highest BCUT2D eigenvalue weighted by atomic mass is 32.1. The fourth-order valence-corrected chi connectivity index (χ4v) is 1.84. The summed E-state index contributed by atoms with van der Waals surface area (Å²) >= 11 is 4.97. The van der Waals surface area contributed by atoms with Gasteiger partial charge in [-0.2, -0.15) is 5.10 Å². The van der Waals surface area contributed by atoms with Crippen LogP contribution in [0.25, 0.3) is 0 Å². The number of nitrogens with zero attached hydrogens (tertiary/aromatic N) is 3. The van der Waals surface area contributed by atoms with Crippen LogP contribution in [-0.4, -0.2) is 26.9 Å². The first kappa shape index (κ1) is 14.3. The number of aromatic nitrogens is 3. The standard InChI is InChI=1S/C13H16N4O2S/c1-3-17-12(15-8-16-17)7-19-11-5-9(13(14)20)4-10(6-11)18-2/h4-6,8H,3,7H2,1-2H3,(H2,14,20). The van der Waals surface area contributed by atoms with E-state index in [-0.39, 0.29) is 0 Å². The lowest BCUT2D eigenvalue weighted by Crippen LogP contribution is -2.10. The van der Waals surface area contributed by atoms with Crippen molar-refractivity contribution in [2.24, 2.45) is 5.73 Å². The van der Waals surface area contributed by atoms with Crippen LogP contribution in [0.3, 0.4) is 0 Å². The van der Waals surface area contributed by atoms with Crippen molar-refractivity contribution in [2.75, 3.05) is 7.11 Å². The number of nitrogens with two attached hydrogens (primary N) is 1. The van der Waals surface area contributed by atoms with Gasteiger partial charge >= 0.3 is 0 Å². The number of benzene rings is 1. The van der Waals surface area contributed by atoms with Crippen molar-refractivity contribution in [2.45, 2.75) is 20.1 Å². The Labute approximate surface area is 122 Å². The predicted octanol–water partition coefficient (Wildman–Crippen LogP) is 1.52. The Bertz CT molecular complexity index is 612. The first-order valence-electron chi connectivity index (χ1n) is 6.12. The molecule has 0 radical (unpaired) electrons. The van der Waals surface area contributed by atoms with Gasteiger partial charge in [0.15, 0.2) is 5.82 Å². The predicted molar refractivity (Wildman–Crippen MR) is 78.9 cm³/mol. The van der Waals surface area contributed by atoms with Crippen LogP contribution in [0.1, 0.15) is 18.3 Å². The van der Waals surface area contributed by atoms with Crippen molar-refractivity contribution in [1.29, 1.82) is 0 Å². The zero-order chi connectivity index (χ0) is 14.5. The van der Waals surface area contributed by atoms with Gasteiger partial charge < -0.3 is 15.2 Å². The van der Waals surface area contributed by atoms with E-state index in [1.165, 1.54) is 6.33 Å². The van der Waals surface area contributed by atoms with Crippen LogP contribution in [0.4, 0.5) is 0 Å². The third-order valence-electron chi connectivity index (χ3n) is 2.76. The molecule has 0 fully saturated rings. The number of hydrogen-bond acceptors (Lipinski definition) is 5. The van der Waals surface area contributed by atoms with Crippen molar-refractivity contribution in [3.63, 3.8) is 0 Å². The van der Waals surface area contributed by atoms with E-state index >= 15 is 0 Å². The summed E-state index contributed by atoms with van der Waals surface area (Å²) in [5, 5.41) is 4.09. The van der Waals surface area contributed by atoms with E-state index in [0.717, 1.165) is 12.4 Å². The molecular weight excluding hydrogens is 276 g/mol. The van der Waals surface area contributed by atoms with Crippen LogP contribution in [-0.2, 0) is 13.2 Å². The lowest BCUT2D eigenvalue weighted by atomic mass is 10.2. The normalized spacial score (nSPS) is 10.3. The summed E-state index contributed by atoms with van der Waals surface area (Å²) < 4.78 is 12.7. The summed E-state index contributed by atoms with van der Waals surface area (Å²) in [5.41, 5.74) is 6.34. The van der Waals surface area contributed by atoms with Crippen LogP contribution in [0.5, 0.6) is 11.5 Å². The molecule has 0 aliphatic carbocycles. The zero-order valence-electron chi connectivity index (χ0n) is 11.4. The van der Waals surface area contributed by atoms with E-state index in [1.807, 2.05) is 6.92 Å². The van der Waals surface area contributed by atoms with E-state index in [4.69, 9.17) is 27.4 Å². The third-order valence-corrected chi connectivity index (χ3v) is 3.00. The number of thiocarbonyl (C=S) groups is 1. The van der Waals surface area contributed by atoms with Crippen LogP contribution in [0.2, 0.25) is 0 Å². The molecule has 1 aromatic heterocycles. The molecule has 0 spiro atoms. The number of ether oxygens (including phenoxy) is 2. The Morgan fingerprint density at radius 1 is 1.35 bits per heavy atom. The Balaban J connectivity index is 2.16. The van der Waals surface area contributed by atoms with Gasteiger partial charge in [0.25, 0.3) is 0 Å². The van der Waals surface area contributed by atoms with Gasteiger partial charge in [0.05, 0.1) is 7.11 Å². The van der Waals surface area contributed by atoms with Gasteiger partial charge in [0.1, 0.15) is 29.4 Å². The number of methoxy groups -OCH3 is 1. The molecule has 20 heavy (non-hydrogen) atoms. The third kappa shape index (κ3) is 3.24.